The minimum atomic E-state index is -0.225. The summed E-state index contributed by atoms with van der Waals surface area (Å²) in [7, 11) is 3.53. The summed E-state index contributed by atoms with van der Waals surface area (Å²) in [6.07, 6.45) is 1.60. The van der Waals surface area contributed by atoms with Gasteiger partial charge in [0.15, 0.2) is 0 Å². The van der Waals surface area contributed by atoms with Gasteiger partial charge in [-0.2, -0.15) is 0 Å². The zero-order valence-corrected chi connectivity index (χ0v) is 37.7. The zero-order chi connectivity index (χ0) is 43.5. The van der Waals surface area contributed by atoms with Crippen LogP contribution >= 0.6 is 0 Å². The second-order valence-corrected chi connectivity index (χ2v) is 20.9. The summed E-state index contributed by atoms with van der Waals surface area (Å²) in [4.78, 5) is 0. The highest BCUT2D eigenvalue weighted by Crippen LogP contribution is 2.61. The van der Waals surface area contributed by atoms with Gasteiger partial charge in [0, 0.05) is 48.6 Å². The molecule has 61 heavy (non-hydrogen) atoms. The second-order valence-electron chi connectivity index (χ2n) is 20.9. The Morgan fingerprint density at radius 3 is 0.984 bits per heavy atom. The molecule has 0 spiro atoms. The maximum atomic E-state index is 12.4. The SMILES string of the molecule is COc1c2ccc3c1C1c4ccccc4C3c3ccc(c(OC)c31)Cc1cc(C(C)(C)C)cc(c1O)Cc1cc(C(C)(C)C)cc(c1O)Cc1cc(C(C)(C)C)cc(c1O)C2. The zero-order valence-electron chi connectivity index (χ0n) is 37.7. The van der Waals surface area contributed by atoms with Crippen LogP contribution in [0.2, 0.25) is 0 Å². The fourth-order valence-electron chi connectivity index (χ4n) is 10.4. The number of hydrogen-bond acceptors (Lipinski definition) is 5. The highest BCUT2D eigenvalue weighted by atomic mass is 16.5. The average molecular weight is 813 g/mol. The normalized spacial score (nSPS) is 16.7. The Hall–Kier alpha value is -5.68. The van der Waals surface area contributed by atoms with E-state index < -0.39 is 0 Å². The first-order valence-electron chi connectivity index (χ1n) is 21.8. The van der Waals surface area contributed by atoms with Crippen molar-refractivity contribution < 1.29 is 24.8 Å². The maximum Gasteiger partial charge on any atom is 0.126 e. The minimum Gasteiger partial charge on any atom is -0.507 e. The van der Waals surface area contributed by atoms with Crippen LogP contribution in [-0.4, -0.2) is 29.5 Å². The van der Waals surface area contributed by atoms with Crippen LogP contribution in [0.25, 0.3) is 0 Å². The summed E-state index contributed by atoms with van der Waals surface area (Å²) < 4.78 is 13.0. The number of phenolic OH excluding ortho intramolecular Hbond substituents is 3. The van der Waals surface area contributed by atoms with E-state index >= 15 is 0 Å². The lowest BCUT2D eigenvalue weighted by molar-refractivity contribution is 0.392. The van der Waals surface area contributed by atoms with Crippen LogP contribution in [0.15, 0.2) is 84.9 Å². The molecule has 10 rings (SSSR count). The number of benzene rings is 6. The largest absolute Gasteiger partial charge is 0.507 e. The number of phenols is 3. The van der Waals surface area contributed by atoms with Crippen LogP contribution < -0.4 is 9.47 Å². The van der Waals surface area contributed by atoms with Crippen LogP contribution in [-0.2, 0) is 41.9 Å². The van der Waals surface area contributed by atoms with Crippen molar-refractivity contribution in [2.24, 2.45) is 0 Å². The molecule has 4 aliphatic rings. The fraction of sp³-hybridized carbons (Fsp3) is 0.357. The summed E-state index contributed by atoms with van der Waals surface area (Å²) in [6.45, 7) is 19.7. The van der Waals surface area contributed by atoms with Gasteiger partial charge in [0.2, 0.25) is 0 Å². The molecule has 6 aromatic rings. The van der Waals surface area contributed by atoms with Crippen molar-refractivity contribution in [3.8, 4) is 28.7 Å². The molecule has 3 N–H and O–H groups in total. The van der Waals surface area contributed by atoms with Crippen LogP contribution in [0.5, 0.6) is 28.7 Å². The summed E-state index contributed by atoms with van der Waals surface area (Å²) in [6, 6.07) is 30.4. The number of ether oxygens (including phenoxy) is 2. The van der Waals surface area contributed by atoms with Gasteiger partial charge in [-0.05, 0) is 99.7 Å². The number of aromatic hydroxyl groups is 3. The predicted molar refractivity (Wildman–Crippen MR) is 246 cm³/mol. The molecule has 4 aliphatic carbocycles. The molecule has 12 bridgehead atoms. The van der Waals surface area contributed by atoms with Crippen LogP contribution in [0.4, 0.5) is 0 Å². The Morgan fingerprint density at radius 2 is 0.689 bits per heavy atom. The van der Waals surface area contributed by atoms with Gasteiger partial charge >= 0.3 is 0 Å². The Balaban J connectivity index is 1.37. The van der Waals surface area contributed by atoms with Crippen molar-refractivity contribution in [2.75, 3.05) is 14.2 Å². The number of fused-ring (bicyclic) bond motifs is 8. The van der Waals surface area contributed by atoms with E-state index in [1.807, 2.05) is 0 Å². The Morgan fingerprint density at radius 1 is 0.393 bits per heavy atom. The third kappa shape index (κ3) is 6.67. The molecule has 0 saturated carbocycles. The molecular formula is C56H60O5. The van der Waals surface area contributed by atoms with E-state index in [9.17, 15) is 15.3 Å². The average Bonchev–Trinajstić information content (AvgIpc) is 3.19. The van der Waals surface area contributed by atoms with Gasteiger partial charge in [-0.15, -0.1) is 0 Å². The first kappa shape index (κ1) is 40.7. The second kappa shape index (κ2) is 14.2. The van der Waals surface area contributed by atoms with Crippen LogP contribution in [0.3, 0.4) is 0 Å². The van der Waals surface area contributed by atoms with Gasteiger partial charge in [0.1, 0.15) is 28.7 Å². The molecule has 0 heterocycles. The van der Waals surface area contributed by atoms with Crippen LogP contribution in [0.1, 0.15) is 169 Å². The van der Waals surface area contributed by atoms with Gasteiger partial charge in [-0.25, -0.2) is 0 Å². The van der Waals surface area contributed by atoms with Crippen molar-refractivity contribution in [1.82, 2.24) is 0 Å². The monoisotopic (exact) mass is 812 g/mol. The molecule has 6 aromatic carbocycles. The summed E-state index contributed by atoms with van der Waals surface area (Å²) in [5, 5.41) is 37.0. The lowest BCUT2D eigenvalue weighted by Crippen LogP contribution is -2.29. The highest BCUT2D eigenvalue weighted by molar-refractivity contribution is 5.75. The van der Waals surface area contributed by atoms with Gasteiger partial charge in [0.25, 0.3) is 0 Å². The fourth-order valence-corrected chi connectivity index (χ4v) is 10.4. The first-order chi connectivity index (χ1) is 28.8. The first-order valence-corrected chi connectivity index (χ1v) is 21.8. The van der Waals surface area contributed by atoms with Crippen molar-refractivity contribution in [3.05, 3.63) is 180 Å². The molecular weight excluding hydrogens is 753 g/mol. The third-order valence-electron chi connectivity index (χ3n) is 13.8. The van der Waals surface area contributed by atoms with Gasteiger partial charge in [0.05, 0.1) is 14.2 Å². The highest BCUT2D eigenvalue weighted by Gasteiger charge is 2.45. The van der Waals surface area contributed by atoms with E-state index in [1.165, 1.54) is 22.3 Å². The van der Waals surface area contributed by atoms with Gasteiger partial charge in [-0.1, -0.05) is 147 Å². The van der Waals surface area contributed by atoms with E-state index in [4.69, 9.17) is 9.47 Å². The van der Waals surface area contributed by atoms with E-state index in [0.29, 0.717) is 25.7 Å². The van der Waals surface area contributed by atoms with E-state index in [-0.39, 0.29) is 45.3 Å². The van der Waals surface area contributed by atoms with E-state index in [2.05, 4.69) is 147 Å². The number of hydrogen-bond donors (Lipinski definition) is 3. The Labute approximate surface area is 362 Å². The summed E-state index contributed by atoms with van der Waals surface area (Å²) in [5.41, 5.74) is 16.6. The lowest BCUT2D eigenvalue weighted by atomic mass is 9.60. The maximum absolute atomic E-state index is 12.4. The van der Waals surface area contributed by atoms with Crippen molar-refractivity contribution in [2.45, 2.75) is 116 Å². The van der Waals surface area contributed by atoms with Crippen molar-refractivity contribution >= 4 is 0 Å². The number of methoxy groups -OCH3 is 2. The van der Waals surface area contributed by atoms with Crippen molar-refractivity contribution in [1.29, 1.82) is 0 Å². The molecule has 0 aromatic heterocycles. The van der Waals surface area contributed by atoms with E-state index in [1.54, 1.807) is 14.2 Å². The van der Waals surface area contributed by atoms with Crippen LogP contribution in [0, 0.1) is 0 Å². The summed E-state index contributed by atoms with van der Waals surface area (Å²) in [5.74, 6) is 2.15. The molecule has 0 radical (unpaired) electrons. The topological polar surface area (TPSA) is 79.2 Å². The smallest absolute Gasteiger partial charge is 0.126 e. The Kier molecular flexibility index (Phi) is 9.47. The number of rotatable bonds is 2. The molecule has 314 valence electrons. The molecule has 0 amide bonds. The molecule has 0 atom stereocenters. The molecule has 5 heteroatoms. The van der Waals surface area contributed by atoms with Gasteiger partial charge in [-0.3, -0.25) is 0 Å². The Bertz CT molecular complexity index is 2610. The molecule has 0 aliphatic heterocycles. The quantitative estimate of drug-likeness (QED) is 0.162. The van der Waals surface area contributed by atoms with Gasteiger partial charge < -0.3 is 24.8 Å². The molecule has 5 nitrogen and oxygen atoms in total. The lowest BCUT2D eigenvalue weighted by Gasteiger charge is -2.44. The minimum absolute atomic E-state index is 0.0110. The van der Waals surface area contributed by atoms with Crippen molar-refractivity contribution in [3.63, 3.8) is 0 Å². The molecule has 0 fully saturated rings. The molecule has 0 unspecified atom stereocenters. The standard InChI is InChI=1S/C56H60O5/c1-54(2,3)38-24-32-20-30-16-18-43-45-41-14-12-13-15-42(41)46(47(43)52(30)60-10)48-44(45)19-17-31(53(48)61-11)21-33-25-39(55(4,5)6)27-35(50(33)58)23-37-29-40(56(7,8)9)28-36(51(37)59)22-34(26-38)49(32)57/h12-19,24-29,45-46,57-59H,20-23H2,1-11H3. The summed E-state index contributed by atoms with van der Waals surface area (Å²) >= 11 is 0. The third-order valence-corrected chi connectivity index (χ3v) is 13.8. The van der Waals surface area contributed by atoms with E-state index in [0.717, 1.165) is 83.8 Å². The predicted octanol–water partition coefficient (Wildman–Crippen LogP) is 12.4. The molecule has 0 saturated heterocycles.